The van der Waals surface area contributed by atoms with Crippen LogP contribution in [0.5, 0.6) is 5.75 Å². The molecule has 33 heavy (non-hydrogen) atoms. The van der Waals surface area contributed by atoms with E-state index in [1.807, 2.05) is 61.5 Å². The Morgan fingerprint density at radius 1 is 1.03 bits per heavy atom. The monoisotopic (exact) mass is 503 g/mol. The van der Waals surface area contributed by atoms with Gasteiger partial charge >= 0.3 is 0 Å². The predicted molar refractivity (Wildman–Crippen MR) is 142 cm³/mol. The molecule has 0 amide bonds. The molecule has 0 aliphatic rings. The maximum Gasteiger partial charge on any atom is 0.120 e. The van der Waals surface area contributed by atoms with E-state index >= 15 is 0 Å². The van der Waals surface area contributed by atoms with Gasteiger partial charge in [-0.25, -0.2) is 0 Å². The zero-order chi connectivity index (χ0) is 22.8. The lowest BCUT2D eigenvalue weighted by Gasteiger charge is -2.23. The van der Waals surface area contributed by atoms with Crippen LogP contribution in [0.3, 0.4) is 0 Å². The van der Waals surface area contributed by atoms with Crippen molar-refractivity contribution in [3.05, 3.63) is 101 Å². The molecule has 0 bridgehead atoms. The van der Waals surface area contributed by atoms with E-state index in [1.54, 1.807) is 11.8 Å². The molecule has 0 aliphatic heterocycles. The molecular weight excluding hydrogens is 473 g/mol. The molecule has 0 saturated heterocycles. The highest BCUT2D eigenvalue weighted by Gasteiger charge is 2.19. The standard InChI is InChI=1S/C27H30ClNO2S.ClH/c1-2-15-27(29,20-30)16-7-10-22-13-14-25(18-26(22)28)32-24-12-6-11-23(17-24)31-19-21-8-4-3-5-9-21;/h2-6,8-9,11-15,17-18,30H,7,10,16,19-20,29H2,1H3;1H/b15-2-;. The van der Waals surface area contributed by atoms with Gasteiger partial charge in [0.1, 0.15) is 12.4 Å². The molecule has 0 aromatic heterocycles. The van der Waals surface area contributed by atoms with Crippen molar-refractivity contribution in [2.45, 2.75) is 48.1 Å². The summed E-state index contributed by atoms with van der Waals surface area (Å²) >= 11 is 8.21. The molecule has 0 aliphatic carbocycles. The van der Waals surface area contributed by atoms with Crippen molar-refractivity contribution in [3.8, 4) is 5.75 Å². The first kappa shape index (κ1) is 27.3. The average molecular weight is 505 g/mol. The molecule has 0 spiro atoms. The van der Waals surface area contributed by atoms with E-state index in [9.17, 15) is 5.11 Å². The molecule has 1 unspecified atom stereocenters. The van der Waals surface area contributed by atoms with Crippen molar-refractivity contribution in [1.82, 2.24) is 0 Å². The fourth-order valence-electron chi connectivity index (χ4n) is 3.45. The molecule has 3 aromatic carbocycles. The topological polar surface area (TPSA) is 55.5 Å². The average Bonchev–Trinajstić information content (AvgIpc) is 2.80. The van der Waals surface area contributed by atoms with Crippen molar-refractivity contribution < 1.29 is 9.84 Å². The van der Waals surface area contributed by atoms with Crippen LogP contribution in [0.15, 0.2) is 94.7 Å². The lowest BCUT2D eigenvalue weighted by molar-refractivity contribution is 0.217. The van der Waals surface area contributed by atoms with Crippen molar-refractivity contribution in [2.24, 2.45) is 5.73 Å². The van der Waals surface area contributed by atoms with Gasteiger partial charge < -0.3 is 15.6 Å². The molecule has 3 aromatic rings. The van der Waals surface area contributed by atoms with Gasteiger partial charge in [0, 0.05) is 14.8 Å². The molecular formula is C27H31Cl2NO2S. The van der Waals surface area contributed by atoms with Crippen molar-refractivity contribution >= 4 is 35.8 Å². The smallest absolute Gasteiger partial charge is 0.120 e. The van der Waals surface area contributed by atoms with Crippen LogP contribution in [0.4, 0.5) is 0 Å². The highest BCUT2D eigenvalue weighted by molar-refractivity contribution is 7.99. The van der Waals surface area contributed by atoms with E-state index in [-0.39, 0.29) is 19.0 Å². The number of ether oxygens (including phenoxy) is 1. The van der Waals surface area contributed by atoms with E-state index in [0.717, 1.165) is 44.5 Å². The minimum Gasteiger partial charge on any atom is -0.489 e. The number of aliphatic hydroxyl groups excluding tert-OH is 1. The Hall–Kier alpha value is -1.95. The molecule has 3 N–H and O–H groups in total. The second kappa shape index (κ2) is 13.7. The third-order valence-electron chi connectivity index (χ3n) is 5.20. The third-order valence-corrected chi connectivity index (χ3v) is 6.53. The summed E-state index contributed by atoms with van der Waals surface area (Å²) < 4.78 is 5.94. The summed E-state index contributed by atoms with van der Waals surface area (Å²) in [6, 6.07) is 24.4. The highest BCUT2D eigenvalue weighted by atomic mass is 35.5. The van der Waals surface area contributed by atoms with Crippen LogP contribution in [0.1, 0.15) is 30.9 Å². The van der Waals surface area contributed by atoms with Crippen LogP contribution < -0.4 is 10.5 Å². The van der Waals surface area contributed by atoms with Crippen molar-refractivity contribution in [2.75, 3.05) is 6.61 Å². The van der Waals surface area contributed by atoms with E-state index in [0.29, 0.717) is 13.0 Å². The summed E-state index contributed by atoms with van der Waals surface area (Å²) in [6.07, 6.45) is 6.14. The van der Waals surface area contributed by atoms with Crippen LogP contribution in [-0.2, 0) is 13.0 Å². The second-order valence-electron chi connectivity index (χ2n) is 7.85. The van der Waals surface area contributed by atoms with E-state index in [4.69, 9.17) is 22.1 Å². The summed E-state index contributed by atoms with van der Waals surface area (Å²) in [5.74, 6) is 0.844. The largest absolute Gasteiger partial charge is 0.489 e. The highest BCUT2D eigenvalue weighted by Crippen LogP contribution is 2.33. The van der Waals surface area contributed by atoms with E-state index in [2.05, 4.69) is 30.3 Å². The Kier molecular flexibility index (Phi) is 11.3. The van der Waals surface area contributed by atoms with E-state index in [1.165, 1.54) is 0 Å². The van der Waals surface area contributed by atoms with Crippen molar-refractivity contribution in [3.63, 3.8) is 0 Å². The van der Waals surface area contributed by atoms with Gasteiger partial charge in [0.15, 0.2) is 0 Å². The van der Waals surface area contributed by atoms with Gasteiger partial charge in [-0.05, 0) is 67.6 Å². The van der Waals surface area contributed by atoms with Gasteiger partial charge in [0.05, 0.1) is 12.1 Å². The Bertz CT molecular complexity index is 1030. The lowest BCUT2D eigenvalue weighted by atomic mass is 9.93. The molecule has 0 radical (unpaired) electrons. The SMILES string of the molecule is C/C=C\C(N)(CO)CCCc1ccc(Sc2cccc(OCc3ccccc3)c2)cc1Cl.Cl. The first-order valence-corrected chi connectivity index (χ1v) is 12.0. The Labute approximate surface area is 212 Å². The van der Waals surface area contributed by atoms with Gasteiger partial charge in [-0.15, -0.1) is 12.4 Å². The van der Waals surface area contributed by atoms with E-state index < -0.39 is 5.54 Å². The molecule has 0 saturated carbocycles. The summed E-state index contributed by atoms with van der Waals surface area (Å²) in [5.41, 5.74) is 7.78. The van der Waals surface area contributed by atoms with Crippen LogP contribution >= 0.6 is 35.8 Å². The Morgan fingerprint density at radius 2 is 1.79 bits per heavy atom. The summed E-state index contributed by atoms with van der Waals surface area (Å²) in [5, 5.41) is 10.3. The summed E-state index contributed by atoms with van der Waals surface area (Å²) in [7, 11) is 0. The first-order chi connectivity index (χ1) is 15.5. The molecule has 0 heterocycles. The third kappa shape index (κ3) is 8.73. The van der Waals surface area contributed by atoms with Gasteiger partial charge in [0.25, 0.3) is 0 Å². The molecule has 1 atom stereocenters. The Balaban J connectivity index is 0.00000385. The quantitative estimate of drug-likeness (QED) is 0.274. The number of benzene rings is 3. The zero-order valence-corrected chi connectivity index (χ0v) is 21.1. The maximum absolute atomic E-state index is 9.54. The van der Waals surface area contributed by atoms with Crippen LogP contribution in [-0.4, -0.2) is 17.3 Å². The number of rotatable bonds is 11. The number of hydrogen-bond acceptors (Lipinski definition) is 4. The number of hydrogen-bond donors (Lipinski definition) is 2. The number of halogens is 2. The first-order valence-electron chi connectivity index (χ1n) is 10.8. The zero-order valence-electron chi connectivity index (χ0n) is 18.7. The normalized spacial score (nSPS) is 12.8. The van der Waals surface area contributed by atoms with Gasteiger partial charge in [0.2, 0.25) is 0 Å². The minimum absolute atomic E-state index is 0. The summed E-state index contributed by atoms with van der Waals surface area (Å²) in [6.45, 7) is 2.40. The lowest BCUT2D eigenvalue weighted by Crippen LogP contribution is -2.41. The second-order valence-corrected chi connectivity index (χ2v) is 9.40. The van der Waals surface area contributed by atoms with Crippen LogP contribution in [0, 0.1) is 0 Å². The Morgan fingerprint density at radius 3 is 2.48 bits per heavy atom. The molecule has 176 valence electrons. The number of allylic oxidation sites excluding steroid dienone is 1. The van der Waals surface area contributed by atoms with Gasteiger partial charge in [-0.2, -0.15) is 0 Å². The number of aliphatic hydroxyl groups is 1. The minimum atomic E-state index is -0.662. The van der Waals surface area contributed by atoms with Crippen LogP contribution in [0.2, 0.25) is 5.02 Å². The fraction of sp³-hybridized carbons (Fsp3) is 0.259. The molecule has 6 heteroatoms. The van der Waals surface area contributed by atoms with Crippen molar-refractivity contribution in [1.29, 1.82) is 0 Å². The fourth-order valence-corrected chi connectivity index (χ4v) is 4.70. The van der Waals surface area contributed by atoms with Gasteiger partial charge in [-0.1, -0.05) is 78.0 Å². The number of aryl methyl sites for hydroxylation is 1. The molecule has 3 nitrogen and oxygen atoms in total. The van der Waals surface area contributed by atoms with Gasteiger partial charge in [-0.3, -0.25) is 0 Å². The predicted octanol–water partition coefficient (Wildman–Crippen LogP) is 7.08. The molecule has 3 rings (SSSR count). The summed E-state index contributed by atoms with van der Waals surface area (Å²) in [4.78, 5) is 2.18. The maximum atomic E-state index is 9.54. The number of nitrogens with two attached hydrogens (primary N) is 1. The molecule has 0 fully saturated rings. The van der Waals surface area contributed by atoms with Crippen LogP contribution in [0.25, 0.3) is 0 Å².